The lowest BCUT2D eigenvalue weighted by Gasteiger charge is -2.39. The summed E-state index contributed by atoms with van der Waals surface area (Å²) < 4.78 is 5.51. The zero-order chi connectivity index (χ0) is 22.7. The van der Waals surface area contributed by atoms with E-state index in [2.05, 4.69) is 20.5 Å². The minimum atomic E-state index is -0.488. The number of carbonyl (C=O) groups is 2. The summed E-state index contributed by atoms with van der Waals surface area (Å²) in [6.07, 6.45) is 4.04. The maximum atomic E-state index is 12.4. The number of rotatable bonds is 4. The van der Waals surface area contributed by atoms with Crippen LogP contribution in [0, 0.1) is 5.92 Å². The molecule has 8 heteroatoms. The summed E-state index contributed by atoms with van der Waals surface area (Å²) in [5, 5.41) is 6.52. The van der Waals surface area contributed by atoms with Crippen molar-refractivity contribution < 1.29 is 14.3 Å². The first kappa shape index (κ1) is 22.4. The minimum absolute atomic E-state index is 0.137. The van der Waals surface area contributed by atoms with Crippen molar-refractivity contribution in [1.82, 2.24) is 15.1 Å². The predicted molar refractivity (Wildman–Crippen MR) is 124 cm³/mol. The average molecular weight is 442 g/mol. The van der Waals surface area contributed by atoms with E-state index in [9.17, 15) is 9.59 Å². The molecule has 174 valence electrons. The van der Waals surface area contributed by atoms with Gasteiger partial charge in [0, 0.05) is 37.8 Å². The molecule has 1 unspecified atom stereocenters. The predicted octanol–water partition coefficient (Wildman–Crippen LogP) is 3.20. The molecule has 2 aliphatic heterocycles. The van der Waals surface area contributed by atoms with Crippen LogP contribution >= 0.6 is 0 Å². The molecule has 1 aromatic carbocycles. The van der Waals surface area contributed by atoms with Crippen LogP contribution in [0.4, 0.5) is 10.5 Å². The monoisotopic (exact) mass is 441 g/mol. The number of anilines is 1. The first-order valence-corrected chi connectivity index (χ1v) is 11.7. The second-order valence-electron chi connectivity index (χ2n) is 9.96. The van der Waals surface area contributed by atoms with Crippen LogP contribution in [-0.2, 0) is 16.1 Å². The van der Waals surface area contributed by atoms with E-state index in [1.165, 1.54) is 0 Å². The number of carbonyl (C=O) groups excluding carboxylic acids is 2. The third kappa shape index (κ3) is 5.53. The first-order valence-electron chi connectivity index (χ1n) is 11.7. The SMILES string of the molecule is CC(C)(C)OC(=O)N1CCN2C(NCc3cccc(NC(=O)C4CCCC4)c3)=NCC2C1. The maximum Gasteiger partial charge on any atom is 0.410 e. The van der Waals surface area contributed by atoms with Crippen molar-refractivity contribution in [3.05, 3.63) is 29.8 Å². The van der Waals surface area contributed by atoms with Gasteiger partial charge in [-0.05, 0) is 51.3 Å². The lowest BCUT2D eigenvalue weighted by molar-refractivity contribution is -0.119. The number of piperazine rings is 1. The number of hydrogen-bond acceptors (Lipinski definition) is 6. The van der Waals surface area contributed by atoms with Gasteiger partial charge in [0.2, 0.25) is 5.91 Å². The lowest BCUT2D eigenvalue weighted by Crippen LogP contribution is -2.57. The maximum absolute atomic E-state index is 12.4. The van der Waals surface area contributed by atoms with E-state index in [4.69, 9.17) is 4.74 Å². The Morgan fingerprint density at radius 3 is 2.72 bits per heavy atom. The molecule has 1 aromatic rings. The van der Waals surface area contributed by atoms with Gasteiger partial charge in [-0.1, -0.05) is 25.0 Å². The summed E-state index contributed by atoms with van der Waals surface area (Å²) >= 11 is 0. The molecule has 2 N–H and O–H groups in total. The van der Waals surface area contributed by atoms with Crippen molar-refractivity contribution in [3.63, 3.8) is 0 Å². The Balaban J connectivity index is 1.27. The highest BCUT2D eigenvalue weighted by Gasteiger charge is 2.36. The number of aliphatic imine (C=N–C) groups is 1. The van der Waals surface area contributed by atoms with Crippen molar-refractivity contribution in [2.24, 2.45) is 10.9 Å². The number of amides is 2. The molecule has 0 aromatic heterocycles. The Hall–Kier alpha value is -2.77. The molecule has 2 amide bonds. The van der Waals surface area contributed by atoms with Gasteiger partial charge in [-0.2, -0.15) is 0 Å². The molecule has 0 spiro atoms. The van der Waals surface area contributed by atoms with E-state index < -0.39 is 5.60 Å². The molecular weight excluding hydrogens is 406 g/mol. The van der Waals surface area contributed by atoms with Crippen LogP contribution in [0.2, 0.25) is 0 Å². The number of benzene rings is 1. The molecule has 0 radical (unpaired) electrons. The average Bonchev–Trinajstić information content (AvgIpc) is 3.41. The second-order valence-corrected chi connectivity index (χ2v) is 9.96. The standard InChI is InChI=1S/C24H35N5O3/c1-24(2,3)32-23(31)28-11-12-29-20(16-28)15-26-22(29)25-14-17-7-6-10-19(13-17)27-21(30)18-8-4-5-9-18/h6-7,10,13,18,20H,4-5,8-9,11-12,14-16H2,1-3H3,(H,25,26)(H,27,30). The van der Waals surface area contributed by atoms with E-state index >= 15 is 0 Å². The molecule has 4 rings (SSSR count). The summed E-state index contributed by atoms with van der Waals surface area (Å²) in [5.41, 5.74) is 1.45. The fourth-order valence-corrected chi connectivity index (χ4v) is 4.60. The summed E-state index contributed by atoms with van der Waals surface area (Å²) in [6.45, 7) is 8.92. The number of fused-ring (bicyclic) bond motifs is 1. The zero-order valence-electron chi connectivity index (χ0n) is 19.4. The zero-order valence-corrected chi connectivity index (χ0v) is 19.4. The van der Waals surface area contributed by atoms with Crippen LogP contribution < -0.4 is 10.6 Å². The van der Waals surface area contributed by atoms with Crippen molar-refractivity contribution in [2.75, 3.05) is 31.5 Å². The summed E-state index contributed by atoms with van der Waals surface area (Å²) in [6, 6.07) is 8.16. The van der Waals surface area contributed by atoms with Gasteiger partial charge in [-0.25, -0.2) is 4.79 Å². The van der Waals surface area contributed by atoms with E-state index in [-0.39, 0.29) is 24.0 Å². The molecule has 1 saturated carbocycles. The summed E-state index contributed by atoms with van der Waals surface area (Å²) in [7, 11) is 0. The third-order valence-electron chi connectivity index (χ3n) is 6.23. The van der Waals surface area contributed by atoms with Gasteiger partial charge < -0.3 is 25.2 Å². The molecule has 0 bridgehead atoms. The Morgan fingerprint density at radius 2 is 1.97 bits per heavy atom. The number of nitrogens with zero attached hydrogens (tertiary/aromatic N) is 3. The van der Waals surface area contributed by atoms with Crippen molar-refractivity contribution in [1.29, 1.82) is 0 Å². The van der Waals surface area contributed by atoms with Crippen LogP contribution in [0.3, 0.4) is 0 Å². The molecule has 1 saturated heterocycles. The molecule has 8 nitrogen and oxygen atoms in total. The normalized spacial score (nSPS) is 21.2. The van der Waals surface area contributed by atoms with Crippen LogP contribution in [0.1, 0.15) is 52.0 Å². The first-order chi connectivity index (χ1) is 15.3. The molecule has 1 aliphatic carbocycles. The highest BCUT2D eigenvalue weighted by atomic mass is 16.6. The molecule has 2 heterocycles. The van der Waals surface area contributed by atoms with Gasteiger partial charge in [0.25, 0.3) is 0 Å². The van der Waals surface area contributed by atoms with Crippen molar-refractivity contribution in [2.45, 2.75) is 64.6 Å². The molecule has 32 heavy (non-hydrogen) atoms. The Kier molecular flexibility index (Phi) is 6.58. The van der Waals surface area contributed by atoms with Gasteiger partial charge in [0.1, 0.15) is 5.60 Å². The highest BCUT2D eigenvalue weighted by Crippen LogP contribution is 2.26. The lowest BCUT2D eigenvalue weighted by atomic mass is 10.1. The fourth-order valence-electron chi connectivity index (χ4n) is 4.60. The van der Waals surface area contributed by atoms with Crippen LogP contribution in [-0.4, -0.2) is 65.6 Å². The minimum Gasteiger partial charge on any atom is -0.444 e. The smallest absolute Gasteiger partial charge is 0.410 e. The van der Waals surface area contributed by atoms with Gasteiger partial charge in [0.05, 0.1) is 12.6 Å². The molecule has 3 aliphatic rings. The van der Waals surface area contributed by atoms with Gasteiger partial charge in [0.15, 0.2) is 5.96 Å². The van der Waals surface area contributed by atoms with E-state index in [0.29, 0.717) is 26.2 Å². The number of nitrogens with one attached hydrogen (secondary N) is 2. The third-order valence-corrected chi connectivity index (χ3v) is 6.23. The second kappa shape index (κ2) is 9.38. The Bertz CT molecular complexity index is 873. The topological polar surface area (TPSA) is 86.3 Å². The number of guanidine groups is 1. The van der Waals surface area contributed by atoms with Crippen molar-refractivity contribution in [3.8, 4) is 0 Å². The van der Waals surface area contributed by atoms with E-state index in [1.807, 2.05) is 45.0 Å². The van der Waals surface area contributed by atoms with Gasteiger partial charge >= 0.3 is 6.09 Å². The Morgan fingerprint density at radius 1 is 1.19 bits per heavy atom. The van der Waals surface area contributed by atoms with Crippen molar-refractivity contribution >= 4 is 23.6 Å². The van der Waals surface area contributed by atoms with E-state index in [0.717, 1.165) is 49.4 Å². The largest absolute Gasteiger partial charge is 0.444 e. The number of hydrogen-bond donors (Lipinski definition) is 2. The van der Waals surface area contributed by atoms with Crippen LogP contribution in [0.15, 0.2) is 29.3 Å². The van der Waals surface area contributed by atoms with Crippen LogP contribution in [0.25, 0.3) is 0 Å². The summed E-state index contributed by atoms with van der Waals surface area (Å²) in [5.74, 6) is 1.17. The quantitative estimate of drug-likeness (QED) is 0.749. The Labute approximate surface area is 190 Å². The van der Waals surface area contributed by atoms with E-state index in [1.54, 1.807) is 4.90 Å². The fraction of sp³-hybridized carbons (Fsp3) is 0.625. The van der Waals surface area contributed by atoms with Crippen LogP contribution in [0.5, 0.6) is 0 Å². The molecule has 1 atom stereocenters. The summed E-state index contributed by atoms with van der Waals surface area (Å²) in [4.78, 5) is 33.5. The molecular formula is C24H35N5O3. The van der Waals surface area contributed by atoms with Gasteiger partial charge in [-0.15, -0.1) is 0 Å². The number of ether oxygens (including phenoxy) is 1. The highest BCUT2D eigenvalue weighted by molar-refractivity contribution is 5.92. The molecule has 2 fully saturated rings. The van der Waals surface area contributed by atoms with Gasteiger partial charge in [-0.3, -0.25) is 9.79 Å².